The molecule has 0 aliphatic heterocycles. The Morgan fingerprint density at radius 2 is 2.04 bits per heavy atom. The standard InChI is InChI=1S/C16H19N5O3S2/c1-21-10-8-13(18-21)15-17-16(24-19-15)14(9-11-25-2)20-26(22,23)12-6-4-3-5-7-12/h3-8,10,14,20H,9,11H2,1-2H3. The van der Waals surface area contributed by atoms with E-state index >= 15 is 0 Å². The molecule has 1 N–H and O–H groups in total. The van der Waals surface area contributed by atoms with Gasteiger partial charge in [0.15, 0.2) is 0 Å². The molecule has 26 heavy (non-hydrogen) atoms. The summed E-state index contributed by atoms with van der Waals surface area (Å²) in [4.78, 5) is 4.53. The Bertz CT molecular complexity index is 953. The van der Waals surface area contributed by atoms with Gasteiger partial charge < -0.3 is 4.52 Å². The molecule has 8 nitrogen and oxygen atoms in total. The van der Waals surface area contributed by atoms with Gasteiger partial charge in [0, 0.05) is 13.2 Å². The third-order valence-corrected chi connectivity index (χ3v) is 5.78. The highest BCUT2D eigenvalue weighted by Crippen LogP contribution is 2.23. The number of nitrogens with one attached hydrogen (secondary N) is 1. The van der Waals surface area contributed by atoms with Gasteiger partial charge in [-0.25, -0.2) is 8.42 Å². The van der Waals surface area contributed by atoms with Gasteiger partial charge in [-0.05, 0) is 36.6 Å². The lowest BCUT2D eigenvalue weighted by molar-refractivity contribution is 0.343. The van der Waals surface area contributed by atoms with Crippen molar-refractivity contribution in [1.82, 2.24) is 24.6 Å². The fourth-order valence-electron chi connectivity index (χ4n) is 2.34. The average molecular weight is 393 g/mol. The summed E-state index contributed by atoms with van der Waals surface area (Å²) in [5.41, 5.74) is 0.567. The maximum atomic E-state index is 12.6. The van der Waals surface area contributed by atoms with E-state index in [-0.39, 0.29) is 10.8 Å². The highest BCUT2D eigenvalue weighted by Gasteiger charge is 2.26. The predicted molar refractivity (Wildman–Crippen MR) is 99.0 cm³/mol. The monoisotopic (exact) mass is 393 g/mol. The molecule has 0 bridgehead atoms. The second-order valence-corrected chi connectivity index (χ2v) is 8.30. The molecule has 2 heterocycles. The molecule has 0 radical (unpaired) electrons. The van der Waals surface area contributed by atoms with Gasteiger partial charge in [0.05, 0.1) is 4.90 Å². The Morgan fingerprint density at radius 3 is 2.69 bits per heavy atom. The Morgan fingerprint density at radius 1 is 1.27 bits per heavy atom. The molecule has 0 saturated carbocycles. The van der Waals surface area contributed by atoms with Crippen molar-refractivity contribution in [1.29, 1.82) is 0 Å². The van der Waals surface area contributed by atoms with Gasteiger partial charge in [0.25, 0.3) is 0 Å². The minimum Gasteiger partial charge on any atom is -0.337 e. The number of aryl methyl sites for hydroxylation is 1. The van der Waals surface area contributed by atoms with E-state index in [1.165, 1.54) is 0 Å². The molecular formula is C16H19N5O3S2. The zero-order valence-corrected chi connectivity index (χ0v) is 16.0. The summed E-state index contributed by atoms with van der Waals surface area (Å²) < 4.78 is 34.9. The van der Waals surface area contributed by atoms with Gasteiger partial charge in [0.2, 0.25) is 21.7 Å². The molecule has 2 aromatic heterocycles. The summed E-state index contributed by atoms with van der Waals surface area (Å²) in [6.45, 7) is 0. The third kappa shape index (κ3) is 4.32. The fraction of sp³-hybridized carbons (Fsp3) is 0.312. The smallest absolute Gasteiger partial charge is 0.245 e. The van der Waals surface area contributed by atoms with Crippen LogP contribution in [0, 0.1) is 0 Å². The van der Waals surface area contributed by atoms with Crippen LogP contribution in [0.15, 0.2) is 52.0 Å². The number of hydrogen-bond donors (Lipinski definition) is 1. The third-order valence-electron chi connectivity index (χ3n) is 3.64. The second-order valence-electron chi connectivity index (χ2n) is 5.60. The van der Waals surface area contributed by atoms with Crippen LogP contribution in [0.4, 0.5) is 0 Å². The van der Waals surface area contributed by atoms with Crippen LogP contribution in [0.2, 0.25) is 0 Å². The first-order valence-corrected chi connectivity index (χ1v) is 10.8. The molecule has 1 unspecified atom stereocenters. The van der Waals surface area contributed by atoms with E-state index in [0.717, 1.165) is 5.75 Å². The summed E-state index contributed by atoms with van der Waals surface area (Å²) in [5, 5.41) is 8.15. The number of sulfonamides is 1. The Labute approximate surface area is 156 Å². The minimum absolute atomic E-state index is 0.193. The first-order chi connectivity index (χ1) is 12.5. The number of nitrogens with zero attached hydrogens (tertiary/aromatic N) is 4. The minimum atomic E-state index is -3.70. The van der Waals surface area contributed by atoms with Gasteiger partial charge in [-0.1, -0.05) is 23.4 Å². The highest BCUT2D eigenvalue weighted by molar-refractivity contribution is 7.98. The Balaban J connectivity index is 1.85. The van der Waals surface area contributed by atoms with Gasteiger partial charge >= 0.3 is 0 Å². The first kappa shape index (κ1) is 18.6. The van der Waals surface area contributed by atoms with Gasteiger partial charge in [-0.3, -0.25) is 4.68 Å². The van der Waals surface area contributed by atoms with Gasteiger partial charge in [0.1, 0.15) is 11.7 Å². The first-order valence-electron chi connectivity index (χ1n) is 7.89. The average Bonchev–Trinajstić information content (AvgIpc) is 3.28. The molecule has 1 aromatic carbocycles. The molecule has 0 aliphatic carbocycles. The SMILES string of the molecule is CSCCC(NS(=O)(=O)c1ccccc1)c1nc(-c2ccn(C)n2)no1. The lowest BCUT2D eigenvalue weighted by Crippen LogP contribution is -2.29. The van der Waals surface area contributed by atoms with Crippen molar-refractivity contribution in [2.45, 2.75) is 17.4 Å². The van der Waals surface area contributed by atoms with E-state index in [0.29, 0.717) is 17.9 Å². The summed E-state index contributed by atoms with van der Waals surface area (Å²) in [6.07, 6.45) is 4.25. The summed E-state index contributed by atoms with van der Waals surface area (Å²) >= 11 is 1.61. The number of benzene rings is 1. The molecule has 0 fully saturated rings. The van der Waals surface area contributed by atoms with E-state index in [4.69, 9.17) is 4.52 Å². The van der Waals surface area contributed by atoms with Crippen molar-refractivity contribution in [3.63, 3.8) is 0 Å². The molecule has 0 spiro atoms. The van der Waals surface area contributed by atoms with E-state index in [2.05, 4.69) is 20.0 Å². The molecule has 0 amide bonds. The molecule has 3 aromatic rings. The Kier molecular flexibility index (Phi) is 5.74. The van der Waals surface area contributed by atoms with E-state index in [9.17, 15) is 8.42 Å². The summed E-state index contributed by atoms with van der Waals surface area (Å²) in [7, 11) is -1.90. The van der Waals surface area contributed by atoms with Crippen LogP contribution in [-0.4, -0.2) is 40.3 Å². The van der Waals surface area contributed by atoms with Crippen LogP contribution >= 0.6 is 11.8 Å². The van der Waals surface area contributed by atoms with E-state index in [1.54, 1.807) is 66.1 Å². The molecule has 3 rings (SSSR count). The van der Waals surface area contributed by atoms with Crippen molar-refractivity contribution in [3.8, 4) is 11.5 Å². The summed E-state index contributed by atoms with van der Waals surface area (Å²) in [5.74, 6) is 1.29. The van der Waals surface area contributed by atoms with Crippen LogP contribution in [0.3, 0.4) is 0 Å². The quantitative estimate of drug-likeness (QED) is 0.626. The van der Waals surface area contributed by atoms with Gasteiger partial charge in [-0.2, -0.15) is 26.6 Å². The number of hydrogen-bond acceptors (Lipinski definition) is 7. The van der Waals surface area contributed by atoms with Crippen LogP contribution in [0.25, 0.3) is 11.5 Å². The fourth-order valence-corrected chi connectivity index (χ4v) is 4.05. The van der Waals surface area contributed by atoms with Crippen LogP contribution in [-0.2, 0) is 17.1 Å². The zero-order valence-electron chi connectivity index (χ0n) is 14.4. The number of rotatable bonds is 8. The molecule has 0 aliphatic rings. The zero-order chi connectivity index (χ0) is 18.6. The number of aromatic nitrogens is 4. The topological polar surface area (TPSA) is 103 Å². The van der Waals surface area contributed by atoms with Crippen LogP contribution in [0.1, 0.15) is 18.4 Å². The van der Waals surface area contributed by atoms with E-state index in [1.807, 2.05) is 6.26 Å². The van der Waals surface area contributed by atoms with Crippen molar-refractivity contribution >= 4 is 21.8 Å². The van der Waals surface area contributed by atoms with Crippen molar-refractivity contribution in [2.24, 2.45) is 7.05 Å². The maximum absolute atomic E-state index is 12.6. The molecular weight excluding hydrogens is 374 g/mol. The largest absolute Gasteiger partial charge is 0.337 e. The van der Waals surface area contributed by atoms with Gasteiger partial charge in [-0.15, -0.1) is 0 Å². The highest BCUT2D eigenvalue weighted by atomic mass is 32.2. The summed E-state index contributed by atoms with van der Waals surface area (Å²) in [6, 6.07) is 9.36. The lowest BCUT2D eigenvalue weighted by atomic mass is 10.2. The number of thioether (sulfide) groups is 1. The van der Waals surface area contributed by atoms with E-state index < -0.39 is 16.1 Å². The van der Waals surface area contributed by atoms with Crippen molar-refractivity contribution in [3.05, 3.63) is 48.5 Å². The second kappa shape index (κ2) is 8.02. The van der Waals surface area contributed by atoms with Crippen LogP contribution < -0.4 is 4.72 Å². The molecule has 1 atom stereocenters. The van der Waals surface area contributed by atoms with Crippen molar-refractivity contribution in [2.75, 3.05) is 12.0 Å². The lowest BCUT2D eigenvalue weighted by Gasteiger charge is -2.14. The van der Waals surface area contributed by atoms with Crippen molar-refractivity contribution < 1.29 is 12.9 Å². The van der Waals surface area contributed by atoms with Crippen LogP contribution in [0.5, 0.6) is 0 Å². The molecule has 138 valence electrons. The molecule has 10 heteroatoms. The molecule has 0 saturated heterocycles. The Hall–Kier alpha value is -2.17. The maximum Gasteiger partial charge on any atom is 0.245 e. The normalized spacial score (nSPS) is 13.0. The predicted octanol–water partition coefficient (Wildman–Crippen LogP) is 2.24.